The van der Waals surface area contributed by atoms with E-state index in [1.54, 1.807) is 39.0 Å². The molecule has 1 rings (SSSR count). The molecule has 0 aliphatic carbocycles. The number of nitriles is 1. The van der Waals surface area contributed by atoms with Gasteiger partial charge in [-0.25, -0.2) is 4.79 Å². The molecule has 0 radical (unpaired) electrons. The van der Waals surface area contributed by atoms with E-state index in [4.69, 9.17) is 21.6 Å². The first kappa shape index (κ1) is 16.9. The minimum Gasteiger partial charge on any atom is -0.444 e. The summed E-state index contributed by atoms with van der Waals surface area (Å²) < 4.78 is 5.10. The van der Waals surface area contributed by atoms with Gasteiger partial charge >= 0.3 is 6.09 Å². The van der Waals surface area contributed by atoms with Crippen molar-refractivity contribution < 1.29 is 9.53 Å². The number of rotatable bonds is 2. The zero-order valence-electron chi connectivity index (χ0n) is 12.3. The second-order valence-corrected chi connectivity index (χ2v) is 5.72. The molecule has 0 spiro atoms. The Balaban J connectivity index is 2.50. The van der Waals surface area contributed by atoms with Gasteiger partial charge in [0.05, 0.1) is 5.56 Å². The van der Waals surface area contributed by atoms with E-state index in [0.29, 0.717) is 29.1 Å². The van der Waals surface area contributed by atoms with Crippen molar-refractivity contribution in [3.05, 3.63) is 34.3 Å². The smallest absolute Gasteiger partial charge is 0.407 e. The van der Waals surface area contributed by atoms with Crippen LogP contribution in [0.2, 0.25) is 5.02 Å². The average Bonchev–Trinajstić information content (AvgIpc) is 2.36. The van der Waals surface area contributed by atoms with E-state index in [1.165, 1.54) is 0 Å². The predicted molar refractivity (Wildman–Crippen MR) is 81.9 cm³/mol. The van der Waals surface area contributed by atoms with Crippen LogP contribution >= 0.6 is 11.6 Å². The molecule has 0 aliphatic heterocycles. The van der Waals surface area contributed by atoms with E-state index < -0.39 is 11.7 Å². The van der Waals surface area contributed by atoms with E-state index in [9.17, 15) is 4.79 Å². The molecule has 5 heteroatoms. The number of halogens is 1. The van der Waals surface area contributed by atoms with Crippen LogP contribution in [0.15, 0.2) is 18.2 Å². The molecule has 1 aromatic rings. The number of carbonyl (C=O) groups excluding carboxylic acids is 1. The highest BCUT2D eigenvalue weighted by Crippen LogP contribution is 2.14. The average molecular weight is 305 g/mol. The minimum atomic E-state index is -0.516. The van der Waals surface area contributed by atoms with Crippen molar-refractivity contribution in [2.45, 2.75) is 32.8 Å². The summed E-state index contributed by atoms with van der Waals surface area (Å²) in [4.78, 5) is 11.4. The van der Waals surface area contributed by atoms with Gasteiger partial charge in [-0.15, -0.1) is 0 Å². The van der Waals surface area contributed by atoms with Crippen LogP contribution in [-0.2, 0) is 4.74 Å². The number of amides is 1. The van der Waals surface area contributed by atoms with Crippen molar-refractivity contribution in [1.82, 2.24) is 5.32 Å². The fourth-order valence-corrected chi connectivity index (χ4v) is 1.59. The van der Waals surface area contributed by atoms with Gasteiger partial charge in [-0.05, 0) is 39.0 Å². The zero-order valence-corrected chi connectivity index (χ0v) is 13.0. The molecule has 0 atom stereocenters. The standard InChI is InChI=1S/C16H17ClN2O2/c1-16(2,3)21-15(20)19-9-5-4-6-12-10-14(17)8-7-13(12)11-18/h7-8,10H,5,9H2,1-3H3,(H,19,20). The van der Waals surface area contributed by atoms with E-state index in [2.05, 4.69) is 23.2 Å². The van der Waals surface area contributed by atoms with Gasteiger partial charge in [0.25, 0.3) is 0 Å². The highest BCUT2D eigenvalue weighted by Gasteiger charge is 2.15. The third-order valence-corrected chi connectivity index (χ3v) is 2.48. The van der Waals surface area contributed by atoms with Gasteiger partial charge < -0.3 is 10.1 Å². The third kappa shape index (κ3) is 6.70. The number of alkyl carbamates (subject to hydrolysis) is 1. The van der Waals surface area contributed by atoms with Crippen molar-refractivity contribution >= 4 is 17.7 Å². The lowest BCUT2D eigenvalue weighted by molar-refractivity contribution is 0.0529. The largest absolute Gasteiger partial charge is 0.444 e. The molecule has 0 aromatic heterocycles. The summed E-state index contributed by atoms with van der Waals surface area (Å²) in [6.45, 7) is 5.78. The lowest BCUT2D eigenvalue weighted by Crippen LogP contribution is -2.32. The van der Waals surface area contributed by atoms with Crippen LogP contribution in [0.4, 0.5) is 4.79 Å². The molecule has 110 valence electrons. The van der Waals surface area contributed by atoms with Crippen molar-refractivity contribution in [2.24, 2.45) is 0 Å². The number of hydrogen-bond donors (Lipinski definition) is 1. The number of hydrogen-bond acceptors (Lipinski definition) is 3. The van der Waals surface area contributed by atoms with Crippen molar-refractivity contribution in [1.29, 1.82) is 5.26 Å². The summed E-state index contributed by atoms with van der Waals surface area (Å²) in [7, 11) is 0. The van der Waals surface area contributed by atoms with Crippen LogP contribution < -0.4 is 5.32 Å². The molecular weight excluding hydrogens is 288 g/mol. The second kappa shape index (κ2) is 7.57. The van der Waals surface area contributed by atoms with Gasteiger partial charge in [-0.3, -0.25) is 0 Å². The Morgan fingerprint density at radius 3 is 2.71 bits per heavy atom. The topological polar surface area (TPSA) is 62.1 Å². The molecule has 0 saturated carbocycles. The third-order valence-electron chi connectivity index (χ3n) is 2.24. The number of benzene rings is 1. The number of ether oxygens (including phenoxy) is 1. The zero-order chi connectivity index (χ0) is 15.9. The molecule has 1 aromatic carbocycles. The Kier molecular flexibility index (Phi) is 6.09. The first-order chi connectivity index (χ1) is 9.81. The summed E-state index contributed by atoms with van der Waals surface area (Å²) in [5, 5.41) is 12.1. The fourth-order valence-electron chi connectivity index (χ4n) is 1.42. The van der Waals surface area contributed by atoms with Gasteiger partial charge in [0.2, 0.25) is 0 Å². The van der Waals surface area contributed by atoms with E-state index in [1.807, 2.05) is 0 Å². The Hall–Kier alpha value is -2.17. The van der Waals surface area contributed by atoms with Gasteiger partial charge in [0.15, 0.2) is 0 Å². The van der Waals surface area contributed by atoms with Gasteiger partial charge in [-0.2, -0.15) is 5.26 Å². The van der Waals surface area contributed by atoms with Gasteiger partial charge in [-0.1, -0.05) is 23.4 Å². The second-order valence-electron chi connectivity index (χ2n) is 5.28. The van der Waals surface area contributed by atoms with E-state index in [-0.39, 0.29) is 0 Å². The fraction of sp³-hybridized carbons (Fsp3) is 0.375. The lowest BCUT2D eigenvalue weighted by atomic mass is 10.1. The lowest BCUT2D eigenvalue weighted by Gasteiger charge is -2.19. The number of carbonyl (C=O) groups is 1. The van der Waals surface area contributed by atoms with E-state index in [0.717, 1.165) is 0 Å². The molecule has 0 saturated heterocycles. The highest BCUT2D eigenvalue weighted by molar-refractivity contribution is 6.30. The molecule has 1 N–H and O–H groups in total. The molecule has 0 heterocycles. The molecule has 0 bridgehead atoms. The van der Waals surface area contributed by atoms with E-state index >= 15 is 0 Å². The summed E-state index contributed by atoms with van der Waals surface area (Å²) in [5.74, 6) is 5.77. The maximum Gasteiger partial charge on any atom is 0.407 e. The quantitative estimate of drug-likeness (QED) is 0.672. The minimum absolute atomic E-state index is 0.379. The maximum absolute atomic E-state index is 11.4. The Morgan fingerprint density at radius 1 is 1.38 bits per heavy atom. The molecule has 4 nitrogen and oxygen atoms in total. The molecule has 0 aliphatic rings. The molecule has 0 fully saturated rings. The Labute approximate surface area is 130 Å². The van der Waals surface area contributed by atoms with Crippen LogP contribution in [-0.4, -0.2) is 18.2 Å². The van der Waals surface area contributed by atoms with Crippen LogP contribution in [0.3, 0.4) is 0 Å². The molecule has 21 heavy (non-hydrogen) atoms. The van der Waals surface area contributed by atoms with Crippen molar-refractivity contribution in [3.63, 3.8) is 0 Å². The summed E-state index contributed by atoms with van der Waals surface area (Å²) >= 11 is 5.87. The number of nitrogens with one attached hydrogen (secondary N) is 1. The molecule has 0 unspecified atom stereocenters. The molecule has 1 amide bonds. The summed E-state index contributed by atoms with van der Waals surface area (Å²) in [5.41, 5.74) is 0.549. The summed E-state index contributed by atoms with van der Waals surface area (Å²) in [6.07, 6.45) is -0.0128. The Morgan fingerprint density at radius 2 is 2.10 bits per heavy atom. The van der Waals surface area contributed by atoms with Crippen LogP contribution in [0, 0.1) is 23.2 Å². The number of nitrogens with zero attached hydrogens (tertiary/aromatic N) is 1. The first-order valence-corrected chi connectivity index (χ1v) is 6.85. The monoisotopic (exact) mass is 304 g/mol. The van der Waals surface area contributed by atoms with Crippen molar-refractivity contribution in [2.75, 3.05) is 6.54 Å². The van der Waals surface area contributed by atoms with Gasteiger partial charge in [0, 0.05) is 23.6 Å². The first-order valence-electron chi connectivity index (χ1n) is 6.47. The molecular formula is C16H17ClN2O2. The maximum atomic E-state index is 11.4. The van der Waals surface area contributed by atoms with Crippen LogP contribution in [0.1, 0.15) is 38.3 Å². The SMILES string of the molecule is CC(C)(C)OC(=O)NCCC#Cc1cc(Cl)ccc1C#N. The normalized spacial score (nSPS) is 10.0. The van der Waals surface area contributed by atoms with Crippen molar-refractivity contribution in [3.8, 4) is 17.9 Å². The van der Waals surface area contributed by atoms with Gasteiger partial charge in [0.1, 0.15) is 11.7 Å². The van der Waals surface area contributed by atoms with Crippen LogP contribution in [0.5, 0.6) is 0 Å². The predicted octanol–water partition coefficient (Wildman–Crippen LogP) is 3.48. The Bertz CT molecular complexity index is 616. The van der Waals surface area contributed by atoms with Crippen LogP contribution in [0.25, 0.3) is 0 Å². The summed E-state index contributed by atoms with van der Waals surface area (Å²) in [6, 6.07) is 6.98. The highest BCUT2D eigenvalue weighted by atomic mass is 35.5.